The number of rotatable bonds is 5. The number of sulfonamides is 1. The number of hydrogen-bond acceptors (Lipinski definition) is 3. The fraction of sp³-hybridized carbons (Fsp3) is 0.235. The van der Waals surface area contributed by atoms with Crippen LogP contribution in [0.2, 0.25) is 0 Å². The lowest BCUT2D eigenvalue weighted by atomic mass is 10.2. The number of carbonyl (C=O) groups excluding carboxylic acids is 1. The minimum absolute atomic E-state index is 0.00632. The zero-order chi connectivity index (χ0) is 16.4. The quantitative estimate of drug-likeness (QED) is 0.916. The molecule has 0 aromatic heterocycles. The molecule has 120 valence electrons. The van der Waals surface area contributed by atoms with Gasteiger partial charge in [0.15, 0.2) is 0 Å². The monoisotopic (exact) mass is 330 g/mol. The third-order valence-corrected chi connectivity index (χ3v) is 5.52. The summed E-state index contributed by atoms with van der Waals surface area (Å²) in [5.74, 6) is -0.159. The van der Waals surface area contributed by atoms with Gasteiger partial charge in [-0.1, -0.05) is 18.2 Å². The van der Waals surface area contributed by atoms with Crippen LogP contribution in [-0.2, 0) is 14.8 Å². The van der Waals surface area contributed by atoms with Crippen LogP contribution in [0.1, 0.15) is 19.8 Å². The first-order valence-electron chi connectivity index (χ1n) is 7.45. The number of hydrogen-bond donors (Lipinski definition) is 1. The van der Waals surface area contributed by atoms with Gasteiger partial charge in [0.25, 0.3) is 10.0 Å². The van der Waals surface area contributed by atoms with Gasteiger partial charge in [-0.3, -0.25) is 9.10 Å². The highest BCUT2D eigenvalue weighted by Gasteiger charge is 2.38. The van der Waals surface area contributed by atoms with Gasteiger partial charge in [0.2, 0.25) is 5.91 Å². The predicted octanol–water partition coefficient (Wildman–Crippen LogP) is 3.00. The lowest BCUT2D eigenvalue weighted by Crippen LogP contribution is -2.33. The van der Waals surface area contributed by atoms with Gasteiger partial charge < -0.3 is 5.32 Å². The largest absolute Gasteiger partial charge is 0.326 e. The van der Waals surface area contributed by atoms with E-state index in [0.717, 1.165) is 12.8 Å². The molecule has 0 radical (unpaired) electrons. The van der Waals surface area contributed by atoms with Crippen LogP contribution in [0.15, 0.2) is 59.5 Å². The van der Waals surface area contributed by atoms with Crippen LogP contribution in [0.3, 0.4) is 0 Å². The van der Waals surface area contributed by atoms with Crippen LogP contribution in [0.5, 0.6) is 0 Å². The second kappa shape index (κ2) is 6.04. The molecule has 3 rings (SSSR count). The molecule has 23 heavy (non-hydrogen) atoms. The number of nitrogens with one attached hydrogen (secondary N) is 1. The van der Waals surface area contributed by atoms with Gasteiger partial charge in [0.05, 0.1) is 10.6 Å². The molecule has 2 aromatic carbocycles. The van der Waals surface area contributed by atoms with Crippen molar-refractivity contribution in [3.8, 4) is 0 Å². The Bertz CT molecular complexity index is 797. The number of benzene rings is 2. The van der Waals surface area contributed by atoms with Crippen molar-refractivity contribution < 1.29 is 13.2 Å². The van der Waals surface area contributed by atoms with Gasteiger partial charge in [-0.05, 0) is 49.2 Å². The van der Waals surface area contributed by atoms with Crippen LogP contribution in [0.4, 0.5) is 11.4 Å². The van der Waals surface area contributed by atoms with Gasteiger partial charge >= 0.3 is 0 Å². The van der Waals surface area contributed by atoms with Crippen molar-refractivity contribution in [3.63, 3.8) is 0 Å². The van der Waals surface area contributed by atoms with Crippen LogP contribution in [-0.4, -0.2) is 20.4 Å². The predicted molar refractivity (Wildman–Crippen MR) is 89.9 cm³/mol. The minimum Gasteiger partial charge on any atom is -0.326 e. The number of nitrogens with zero attached hydrogens (tertiary/aromatic N) is 1. The van der Waals surface area contributed by atoms with Crippen LogP contribution < -0.4 is 9.62 Å². The average Bonchev–Trinajstić information content (AvgIpc) is 3.34. The second-order valence-electron chi connectivity index (χ2n) is 5.57. The molecular weight excluding hydrogens is 312 g/mol. The number of carbonyl (C=O) groups is 1. The topological polar surface area (TPSA) is 66.5 Å². The van der Waals surface area contributed by atoms with E-state index in [0.29, 0.717) is 11.4 Å². The third kappa shape index (κ3) is 3.37. The summed E-state index contributed by atoms with van der Waals surface area (Å²) in [5, 5.41) is 2.68. The molecule has 1 amide bonds. The molecule has 0 aliphatic heterocycles. The summed E-state index contributed by atoms with van der Waals surface area (Å²) in [6, 6.07) is 15.3. The van der Waals surface area contributed by atoms with Gasteiger partial charge in [-0.25, -0.2) is 8.42 Å². The number of amides is 1. The Balaban J connectivity index is 1.95. The molecule has 1 saturated carbocycles. The van der Waals surface area contributed by atoms with Gasteiger partial charge in [-0.15, -0.1) is 0 Å². The SMILES string of the molecule is CC(=O)Nc1ccc(N(C2CC2)S(=O)(=O)c2ccccc2)cc1. The van der Waals surface area contributed by atoms with Crippen molar-refractivity contribution in [3.05, 3.63) is 54.6 Å². The van der Waals surface area contributed by atoms with Crippen molar-refractivity contribution >= 4 is 27.3 Å². The van der Waals surface area contributed by atoms with E-state index in [-0.39, 0.29) is 16.8 Å². The molecule has 1 aliphatic rings. The zero-order valence-electron chi connectivity index (χ0n) is 12.8. The minimum atomic E-state index is -3.58. The lowest BCUT2D eigenvalue weighted by Gasteiger charge is -2.24. The Labute approximate surface area is 136 Å². The summed E-state index contributed by atoms with van der Waals surface area (Å²) in [6.45, 7) is 1.43. The summed E-state index contributed by atoms with van der Waals surface area (Å²) >= 11 is 0. The van der Waals surface area contributed by atoms with E-state index >= 15 is 0 Å². The molecule has 1 N–H and O–H groups in total. The first-order valence-corrected chi connectivity index (χ1v) is 8.89. The van der Waals surface area contributed by atoms with Crippen molar-refractivity contribution in [2.24, 2.45) is 0 Å². The van der Waals surface area contributed by atoms with Gasteiger partial charge in [0.1, 0.15) is 0 Å². The lowest BCUT2D eigenvalue weighted by molar-refractivity contribution is -0.114. The Kier molecular flexibility index (Phi) is 4.09. The smallest absolute Gasteiger partial charge is 0.264 e. The molecule has 0 spiro atoms. The highest BCUT2D eigenvalue weighted by Crippen LogP contribution is 2.36. The molecule has 1 fully saturated rings. The summed E-state index contributed by atoms with van der Waals surface area (Å²) in [7, 11) is -3.58. The molecule has 5 nitrogen and oxygen atoms in total. The second-order valence-corrected chi connectivity index (χ2v) is 7.39. The first kappa shape index (κ1) is 15.6. The average molecular weight is 330 g/mol. The zero-order valence-corrected chi connectivity index (χ0v) is 13.6. The molecule has 0 saturated heterocycles. The normalized spacial score (nSPS) is 14.3. The van der Waals surface area contributed by atoms with Crippen molar-refractivity contribution in [2.45, 2.75) is 30.7 Å². The summed E-state index contributed by atoms with van der Waals surface area (Å²) < 4.78 is 27.4. The molecular formula is C17H18N2O3S. The molecule has 2 aromatic rings. The Hall–Kier alpha value is -2.34. The fourth-order valence-corrected chi connectivity index (χ4v) is 4.19. The van der Waals surface area contributed by atoms with E-state index < -0.39 is 10.0 Å². The molecule has 6 heteroatoms. The van der Waals surface area contributed by atoms with Crippen LogP contribution in [0.25, 0.3) is 0 Å². The Morgan fingerprint density at radius 3 is 2.17 bits per heavy atom. The fourth-order valence-electron chi connectivity index (χ4n) is 2.46. The van der Waals surface area contributed by atoms with Gasteiger partial charge in [-0.2, -0.15) is 0 Å². The standard InChI is InChI=1S/C17H18N2O3S/c1-13(20)18-14-7-9-15(10-8-14)19(16-11-12-16)23(21,22)17-5-3-2-4-6-17/h2-10,16H,11-12H2,1H3,(H,18,20). The van der Waals surface area contributed by atoms with E-state index in [1.54, 1.807) is 54.6 Å². The molecule has 0 heterocycles. The van der Waals surface area contributed by atoms with E-state index in [1.807, 2.05) is 0 Å². The maximum absolute atomic E-state index is 12.9. The molecule has 0 unspecified atom stereocenters. The Morgan fingerprint density at radius 2 is 1.65 bits per heavy atom. The van der Waals surface area contributed by atoms with E-state index in [4.69, 9.17) is 0 Å². The molecule has 0 atom stereocenters. The molecule has 1 aliphatic carbocycles. The van der Waals surface area contributed by atoms with E-state index in [2.05, 4.69) is 5.32 Å². The van der Waals surface area contributed by atoms with Crippen molar-refractivity contribution in [1.82, 2.24) is 0 Å². The van der Waals surface area contributed by atoms with Crippen molar-refractivity contribution in [1.29, 1.82) is 0 Å². The van der Waals surface area contributed by atoms with Crippen LogP contribution in [0, 0.1) is 0 Å². The first-order chi connectivity index (χ1) is 11.0. The third-order valence-electron chi connectivity index (χ3n) is 3.62. The Morgan fingerprint density at radius 1 is 1.04 bits per heavy atom. The highest BCUT2D eigenvalue weighted by molar-refractivity contribution is 7.92. The van der Waals surface area contributed by atoms with Crippen LogP contribution >= 0.6 is 0 Å². The maximum atomic E-state index is 12.9. The summed E-state index contributed by atoms with van der Waals surface area (Å²) in [6.07, 6.45) is 1.72. The van der Waals surface area contributed by atoms with Gasteiger partial charge in [0, 0.05) is 18.7 Å². The van der Waals surface area contributed by atoms with E-state index in [1.165, 1.54) is 11.2 Å². The highest BCUT2D eigenvalue weighted by atomic mass is 32.2. The van der Waals surface area contributed by atoms with E-state index in [9.17, 15) is 13.2 Å². The van der Waals surface area contributed by atoms with Crippen molar-refractivity contribution in [2.75, 3.05) is 9.62 Å². The summed E-state index contributed by atoms with van der Waals surface area (Å²) in [5.41, 5.74) is 1.26. The number of anilines is 2. The summed E-state index contributed by atoms with van der Waals surface area (Å²) in [4.78, 5) is 11.4. The maximum Gasteiger partial charge on any atom is 0.264 e. The molecule has 0 bridgehead atoms.